The van der Waals surface area contributed by atoms with Crippen LogP contribution in [-0.4, -0.2) is 42.9 Å². The van der Waals surface area contributed by atoms with Crippen molar-refractivity contribution in [2.24, 2.45) is 17.6 Å². The van der Waals surface area contributed by atoms with Gasteiger partial charge in [-0.25, -0.2) is 0 Å². The molecule has 0 radical (unpaired) electrons. The average molecular weight is 398 g/mol. The number of carbonyl (C=O) groups is 2. The first kappa shape index (κ1) is 19.0. The highest BCUT2D eigenvalue weighted by Gasteiger charge is 2.43. The lowest BCUT2D eigenvalue weighted by Crippen LogP contribution is -2.39. The standard InChI is InChI=1S/C22H24ClN3O2/c23-17-6-8-18(9-7-17)26-11-10-19(22(26)28)21(27)25-13-16(12-24)20(14-25)15-4-2-1-3-5-15/h1-9,16,19-20H,10-14,24H2/t16-,19?,20+/m1/s1. The van der Waals surface area contributed by atoms with Gasteiger partial charge in [0.25, 0.3) is 0 Å². The fourth-order valence-corrected chi connectivity index (χ4v) is 4.50. The van der Waals surface area contributed by atoms with E-state index in [0.717, 1.165) is 5.69 Å². The predicted molar refractivity (Wildman–Crippen MR) is 110 cm³/mol. The zero-order valence-electron chi connectivity index (χ0n) is 15.6. The van der Waals surface area contributed by atoms with Crippen molar-refractivity contribution in [1.29, 1.82) is 0 Å². The molecule has 5 nitrogen and oxygen atoms in total. The summed E-state index contributed by atoms with van der Waals surface area (Å²) in [7, 11) is 0. The van der Waals surface area contributed by atoms with Crippen molar-refractivity contribution >= 4 is 29.1 Å². The second kappa shape index (κ2) is 7.94. The van der Waals surface area contributed by atoms with Gasteiger partial charge in [0.2, 0.25) is 11.8 Å². The lowest BCUT2D eigenvalue weighted by Gasteiger charge is -2.21. The molecule has 2 aliphatic heterocycles. The number of hydrogen-bond donors (Lipinski definition) is 1. The third kappa shape index (κ3) is 3.52. The Morgan fingerprint density at radius 2 is 1.79 bits per heavy atom. The number of likely N-dealkylation sites (tertiary alicyclic amines) is 1. The van der Waals surface area contributed by atoms with Gasteiger partial charge >= 0.3 is 0 Å². The van der Waals surface area contributed by atoms with E-state index in [2.05, 4.69) is 12.1 Å². The molecule has 2 N–H and O–H groups in total. The SMILES string of the molecule is NC[C@@H]1CN(C(=O)C2CCN(c3ccc(Cl)cc3)C2=O)C[C@H]1c1ccccc1. The number of halogens is 1. The fourth-order valence-electron chi connectivity index (χ4n) is 4.37. The normalized spacial score (nSPS) is 24.8. The van der Waals surface area contributed by atoms with Gasteiger partial charge in [-0.3, -0.25) is 9.59 Å². The molecule has 2 aromatic carbocycles. The van der Waals surface area contributed by atoms with Crippen molar-refractivity contribution in [3.8, 4) is 0 Å². The van der Waals surface area contributed by atoms with Crippen LogP contribution in [0.15, 0.2) is 54.6 Å². The average Bonchev–Trinajstić information content (AvgIpc) is 3.33. The van der Waals surface area contributed by atoms with E-state index < -0.39 is 5.92 Å². The highest BCUT2D eigenvalue weighted by Crippen LogP contribution is 2.34. The predicted octanol–water partition coefficient (Wildman–Crippen LogP) is 2.89. The first-order valence-corrected chi connectivity index (χ1v) is 10.1. The largest absolute Gasteiger partial charge is 0.341 e. The summed E-state index contributed by atoms with van der Waals surface area (Å²) in [6.07, 6.45) is 0.542. The van der Waals surface area contributed by atoms with Crippen molar-refractivity contribution in [2.75, 3.05) is 31.1 Å². The van der Waals surface area contributed by atoms with Gasteiger partial charge in [0, 0.05) is 36.3 Å². The second-order valence-electron chi connectivity index (χ2n) is 7.56. The number of nitrogens with zero attached hydrogens (tertiary/aromatic N) is 2. The molecule has 146 valence electrons. The minimum Gasteiger partial charge on any atom is -0.341 e. The van der Waals surface area contributed by atoms with Crippen molar-refractivity contribution in [3.63, 3.8) is 0 Å². The summed E-state index contributed by atoms with van der Waals surface area (Å²) < 4.78 is 0. The summed E-state index contributed by atoms with van der Waals surface area (Å²) in [5, 5.41) is 0.625. The maximum Gasteiger partial charge on any atom is 0.239 e. The van der Waals surface area contributed by atoms with Crippen LogP contribution in [-0.2, 0) is 9.59 Å². The quantitative estimate of drug-likeness (QED) is 0.806. The Kier molecular flexibility index (Phi) is 5.38. The molecule has 0 aromatic heterocycles. The Morgan fingerprint density at radius 1 is 1.07 bits per heavy atom. The van der Waals surface area contributed by atoms with E-state index in [9.17, 15) is 9.59 Å². The Labute approximate surface area is 170 Å². The lowest BCUT2D eigenvalue weighted by atomic mass is 9.89. The van der Waals surface area contributed by atoms with E-state index in [1.165, 1.54) is 5.56 Å². The molecular weight excluding hydrogens is 374 g/mol. The van der Waals surface area contributed by atoms with Gasteiger partial charge in [0.1, 0.15) is 5.92 Å². The number of benzene rings is 2. The lowest BCUT2D eigenvalue weighted by molar-refractivity contribution is -0.139. The molecule has 2 aromatic rings. The van der Waals surface area contributed by atoms with Gasteiger partial charge < -0.3 is 15.5 Å². The third-order valence-electron chi connectivity index (χ3n) is 5.93. The molecule has 6 heteroatoms. The third-order valence-corrected chi connectivity index (χ3v) is 6.18. The molecule has 0 bridgehead atoms. The molecule has 0 aliphatic carbocycles. The number of rotatable bonds is 4. The van der Waals surface area contributed by atoms with Crippen molar-refractivity contribution in [3.05, 3.63) is 65.2 Å². The summed E-state index contributed by atoms with van der Waals surface area (Å²) in [5.74, 6) is -0.365. The molecule has 2 saturated heterocycles. The Balaban J connectivity index is 1.47. The van der Waals surface area contributed by atoms with Crippen LogP contribution >= 0.6 is 11.6 Å². The molecule has 0 saturated carbocycles. The van der Waals surface area contributed by atoms with Crippen LogP contribution in [0, 0.1) is 11.8 Å². The summed E-state index contributed by atoms with van der Waals surface area (Å²) in [6.45, 7) is 2.31. The van der Waals surface area contributed by atoms with E-state index in [1.807, 2.05) is 35.2 Å². The molecule has 3 atom stereocenters. The Hall–Kier alpha value is -2.37. The van der Waals surface area contributed by atoms with Crippen molar-refractivity contribution in [1.82, 2.24) is 4.90 Å². The molecule has 2 heterocycles. The zero-order valence-corrected chi connectivity index (χ0v) is 16.4. The maximum atomic E-state index is 13.1. The molecule has 2 fully saturated rings. The van der Waals surface area contributed by atoms with Crippen LogP contribution < -0.4 is 10.6 Å². The van der Waals surface area contributed by atoms with Crippen LogP contribution in [0.1, 0.15) is 17.9 Å². The maximum absolute atomic E-state index is 13.1. The van der Waals surface area contributed by atoms with Crippen LogP contribution in [0.4, 0.5) is 5.69 Å². The number of nitrogens with two attached hydrogens (primary N) is 1. The van der Waals surface area contributed by atoms with Gasteiger partial charge in [-0.1, -0.05) is 41.9 Å². The first-order valence-electron chi connectivity index (χ1n) is 9.69. The molecule has 2 amide bonds. The molecule has 2 aliphatic rings. The van der Waals surface area contributed by atoms with Crippen molar-refractivity contribution < 1.29 is 9.59 Å². The van der Waals surface area contributed by atoms with E-state index in [1.54, 1.807) is 17.0 Å². The molecule has 28 heavy (non-hydrogen) atoms. The fraction of sp³-hybridized carbons (Fsp3) is 0.364. The second-order valence-corrected chi connectivity index (χ2v) is 8.00. The summed E-state index contributed by atoms with van der Waals surface area (Å²) >= 11 is 5.94. The highest BCUT2D eigenvalue weighted by atomic mass is 35.5. The van der Waals surface area contributed by atoms with E-state index in [4.69, 9.17) is 17.3 Å². The van der Waals surface area contributed by atoms with Gasteiger partial charge in [-0.05, 0) is 48.7 Å². The summed E-state index contributed by atoms with van der Waals surface area (Å²) in [6, 6.07) is 17.3. The topological polar surface area (TPSA) is 66.6 Å². The number of carbonyl (C=O) groups excluding carboxylic acids is 2. The van der Waals surface area contributed by atoms with E-state index in [0.29, 0.717) is 37.6 Å². The van der Waals surface area contributed by atoms with Crippen LogP contribution in [0.5, 0.6) is 0 Å². The van der Waals surface area contributed by atoms with Crippen LogP contribution in [0.25, 0.3) is 0 Å². The minimum atomic E-state index is -0.608. The van der Waals surface area contributed by atoms with Gasteiger partial charge in [0.05, 0.1) is 0 Å². The zero-order chi connectivity index (χ0) is 19.7. The van der Waals surface area contributed by atoms with Crippen LogP contribution in [0.2, 0.25) is 5.02 Å². The Bertz CT molecular complexity index is 856. The van der Waals surface area contributed by atoms with E-state index >= 15 is 0 Å². The van der Waals surface area contributed by atoms with Crippen LogP contribution in [0.3, 0.4) is 0 Å². The minimum absolute atomic E-state index is 0.0710. The first-order chi connectivity index (χ1) is 13.6. The number of hydrogen-bond acceptors (Lipinski definition) is 3. The van der Waals surface area contributed by atoms with E-state index in [-0.39, 0.29) is 23.7 Å². The Morgan fingerprint density at radius 3 is 2.46 bits per heavy atom. The molecule has 1 unspecified atom stereocenters. The molecule has 4 rings (SSSR count). The number of anilines is 1. The van der Waals surface area contributed by atoms with Gasteiger partial charge in [-0.15, -0.1) is 0 Å². The summed E-state index contributed by atoms with van der Waals surface area (Å²) in [5.41, 5.74) is 7.98. The smallest absolute Gasteiger partial charge is 0.239 e. The highest BCUT2D eigenvalue weighted by molar-refractivity contribution is 6.30. The van der Waals surface area contributed by atoms with Crippen molar-refractivity contribution in [2.45, 2.75) is 12.3 Å². The summed E-state index contributed by atoms with van der Waals surface area (Å²) in [4.78, 5) is 29.6. The monoisotopic (exact) mass is 397 g/mol. The molecule has 0 spiro atoms. The van der Waals surface area contributed by atoms with Gasteiger partial charge in [-0.2, -0.15) is 0 Å². The van der Waals surface area contributed by atoms with Gasteiger partial charge in [0.15, 0.2) is 0 Å². The molecular formula is C22H24ClN3O2. The number of amides is 2.